The molecule has 21 heavy (non-hydrogen) atoms. The Hall–Kier alpha value is -1.20. The number of rotatable bonds is 6. The molecule has 0 amide bonds. The number of nitrogens with zero attached hydrogens (tertiary/aromatic N) is 2. The summed E-state index contributed by atoms with van der Waals surface area (Å²) < 4.78 is 16.0. The Bertz CT molecular complexity index is 622. The van der Waals surface area contributed by atoms with E-state index in [1.54, 1.807) is 0 Å². The van der Waals surface area contributed by atoms with Gasteiger partial charge < -0.3 is 5.32 Å². The largest absolute Gasteiger partial charge is 0.316 e. The fraction of sp³-hybridized carbons (Fsp3) is 0.438. The summed E-state index contributed by atoms with van der Waals surface area (Å²) in [6.07, 6.45) is 1.85. The van der Waals surface area contributed by atoms with Crippen LogP contribution in [-0.2, 0) is 25.9 Å². The van der Waals surface area contributed by atoms with E-state index < -0.39 is 0 Å². The highest BCUT2D eigenvalue weighted by Crippen LogP contribution is 2.22. The lowest BCUT2D eigenvalue weighted by molar-refractivity contribution is 0.617. The summed E-state index contributed by atoms with van der Waals surface area (Å²) >= 11 is 3.43. The summed E-state index contributed by atoms with van der Waals surface area (Å²) in [5, 5.41) is 7.96. The fourth-order valence-electron chi connectivity index (χ4n) is 2.59. The maximum absolute atomic E-state index is 13.2. The highest BCUT2D eigenvalue weighted by Gasteiger charge is 2.15. The molecule has 0 saturated carbocycles. The molecule has 0 atom stereocenters. The lowest BCUT2D eigenvalue weighted by Gasteiger charge is -2.09. The van der Waals surface area contributed by atoms with Crippen LogP contribution in [0.15, 0.2) is 22.7 Å². The number of aromatic nitrogens is 2. The van der Waals surface area contributed by atoms with Crippen molar-refractivity contribution in [2.75, 3.05) is 7.05 Å². The first kappa shape index (κ1) is 16.2. The van der Waals surface area contributed by atoms with Crippen molar-refractivity contribution in [3.8, 4) is 0 Å². The van der Waals surface area contributed by atoms with Crippen molar-refractivity contribution in [2.45, 2.75) is 39.8 Å². The van der Waals surface area contributed by atoms with Crippen LogP contribution in [0.1, 0.15) is 36.4 Å². The van der Waals surface area contributed by atoms with E-state index in [2.05, 4.69) is 35.1 Å². The van der Waals surface area contributed by atoms with Crippen LogP contribution in [0.2, 0.25) is 0 Å². The predicted octanol–water partition coefficient (Wildman–Crippen LogP) is 3.68. The van der Waals surface area contributed by atoms with Crippen molar-refractivity contribution in [1.82, 2.24) is 15.1 Å². The molecule has 114 valence electrons. The van der Waals surface area contributed by atoms with Gasteiger partial charge in [-0.05, 0) is 37.6 Å². The van der Waals surface area contributed by atoms with Crippen LogP contribution in [0, 0.1) is 5.82 Å². The molecule has 0 unspecified atom stereocenters. The third-order valence-electron chi connectivity index (χ3n) is 3.61. The Labute approximate surface area is 133 Å². The molecule has 1 N–H and O–H groups in total. The van der Waals surface area contributed by atoms with Crippen LogP contribution in [0.5, 0.6) is 0 Å². The predicted molar refractivity (Wildman–Crippen MR) is 86.9 cm³/mol. The van der Waals surface area contributed by atoms with Gasteiger partial charge in [-0.2, -0.15) is 5.10 Å². The van der Waals surface area contributed by atoms with Crippen LogP contribution >= 0.6 is 15.9 Å². The quantitative estimate of drug-likeness (QED) is 0.858. The van der Waals surface area contributed by atoms with Gasteiger partial charge in [0.15, 0.2) is 0 Å². The highest BCUT2D eigenvalue weighted by atomic mass is 79.9. The Morgan fingerprint density at radius 3 is 2.62 bits per heavy atom. The van der Waals surface area contributed by atoms with Gasteiger partial charge in [-0.3, -0.25) is 4.68 Å². The van der Waals surface area contributed by atoms with Crippen LogP contribution < -0.4 is 5.32 Å². The van der Waals surface area contributed by atoms with E-state index in [4.69, 9.17) is 5.10 Å². The van der Waals surface area contributed by atoms with Crippen molar-refractivity contribution >= 4 is 15.9 Å². The first-order valence-electron chi connectivity index (χ1n) is 7.26. The standard InChI is InChI=1S/C16H21BrFN3/c1-4-15-13(9-19-3)16(5-2)21(20-15)10-11-6-7-12(18)8-14(11)17/h6-8,19H,4-5,9-10H2,1-3H3. The number of aryl methyl sites for hydroxylation is 1. The monoisotopic (exact) mass is 353 g/mol. The van der Waals surface area contributed by atoms with Crippen LogP contribution in [0.25, 0.3) is 0 Å². The summed E-state index contributed by atoms with van der Waals surface area (Å²) in [6.45, 7) is 5.75. The van der Waals surface area contributed by atoms with Gasteiger partial charge in [-0.15, -0.1) is 0 Å². The Morgan fingerprint density at radius 2 is 2.05 bits per heavy atom. The molecule has 5 heteroatoms. The van der Waals surface area contributed by atoms with E-state index in [1.165, 1.54) is 23.4 Å². The van der Waals surface area contributed by atoms with E-state index in [1.807, 2.05) is 17.8 Å². The zero-order chi connectivity index (χ0) is 15.4. The lowest BCUT2D eigenvalue weighted by Crippen LogP contribution is -2.10. The van der Waals surface area contributed by atoms with Gasteiger partial charge in [-0.25, -0.2) is 4.39 Å². The second-order valence-corrected chi connectivity index (χ2v) is 5.86. The van der Waals surface area contributed by atoms with Crippen molar-refractivity contribution in [2.24, 2.45) is 0 Å². The van der Waals surface area contributed by atoms with Gasteiger partial charge in [0, 0.05) is 22.3 Å². The van der Waals surface area contributed by atoms with E-state index in [0.717, 1.165) is 35.1 Å². The zero-order valence-electron chi connectivity index (χ0n) is 12.7. The molecule has 0 aliphatic heterocycles. The van der Waals surface area contributed by atoms with E-state index in [9.17, 15) is 4.39 Å². The van der Waals surface area contributed by atoms with Crippen LogP contribution in [0.3, 0.4) is 0 Å². The molecule has 0 saturated heterocycles. The minimum atomic E-state index is -0.230. The minimum Gasteiger partial charge on any atom is -0.316 e. The second kappa shape index (κ2) is 7.18. The lowest BCUT2D eigenvalue weighted by atomic mass is 10.1. The first-order valence-corrected chi connectivity index (χ1v) is 8.05. The zero-order valence-corrected chi connectivity index (χ0v) is 14.3. The van der Waals surface area contributed by atoms with Crippen LogP contribution in [0.4, 0.5) is 4.39 Å². The third kappa shape index (κ3) is 3.52. The van der Waals surface area contributed by atoms with Crippen molar-refractivity contribution in [1.29, 1.82) is 0 Å². The Kier molecular flexibility index (Phi) is 5.53. The molecular formula is C16H21BrFN3. The molecule has 3 nitrogen and oxygen atoms in total. The fourth-order valence-corrected chi connectivity index (χ4v) is 3.07. The number of benzene rings is 1. The number of halogens is 2. The van der Waals surface area contributed by atoms with Gasteiger partial charge >= 0.3 is 0 Å². The summed E-state index contributed by atoms with van der Waals surface area (Å²) in [6, 6.07) is 4.80. The number of hydrogen-bond acceptors (Lipinski definition) is 2. The average Bonchev–Trinajstić information content (AvgIpc) is 2.79. The van der Waals surface area contributed by atoms with Crippen LogP contribution in [-0.4, -0.2) is 16.8 Å². The molecule has 1 aromatic heterocycles. The van der Waals surface area contributed by atoms with E-state index >= 15 is 0 Å². The number of hydrogen-bond donors (Lipinski definition) is 1. The summed E-state index contributed by atoms with van der Waals surface area (Å²) in [4.78, 5) is 0. The maximum Gasteiger partial charge on any atom is 0.124 e. The molecule has 0 aliphatic rings. The van der Waals surface area contributed by atoms with Crippen molar-refractivity contribution < 1.29 is 4.39 Å². The molecule has 0 spiro atoms. The molecule has 1 aromatic carbocycles. The first-order chi connectivity index (χ1) is 10.1. The smallest absolute Gasteiger partial charge is 0.124 e. The molecule has 2 rings (SSSR count). The molecular weight excluding hydrogens is 333 g/mol. The summed E-state index contributed by atoms with van der Waals surface area (Å²) in [7, 11) is 1.95. The van der Waals surface area contributed by atoms with Crippen molar-refractivity contribution in [3.63, 3.8) is 0 Å². The molecule has 0 radical (unpaired) electrons. The second-order valence-electron chi connectivity index (χ2n) is 5.00. The maximum atomic E-state index is 13.2. The molecule has 0 fully saturated rings. The minimum absolute atomic E-state index is 0.230. The molecule has 0 bridgehead atoms. The van der Waals surface area contributed by atoms with Gasteiger partial charge in [0.1, 0.15) is 5.82 Å². The third-order valence-corrected chi connectivity index (χ3v) is 4.35. The molecule has 2 aromatic rings. The normalized spacial score (nSPS) is 11.1. The topological polar surface area (TPSA) is 29.9 Å². The average molecular weight is 354 g/mol. The summed E-state index contributed by atoms with van der Waals surface area (Å²) in [5.41, 5.74) is 4.71. The van der Waals surface area contributed by atoms with Gasteiger partial charge in [-0.1, -0.05) is 35.8 Å². The van der Waals surface area contributed by atoms with E-state index in [0.29, 0.717) is 6.54 Å². The number of nitrogens with one attached hydrogen (secondary N) is 1. The summed E-state index contributed by atoms with van der Waals surface area (Å²) in [5.74, 6) is -0.230. The Morgan fingerprint density at radius 1 is 1.29 bits per heavy atom. The SMILES string of the molecule is CCc1nn(Cc2ccc(F)cc2Br)c(CC)c1CNC. The molecule has 1 heterocycles. The van der Waals surface area contributed by atoms with Gasteiger partial charge in [0.25, 0.3) is 0 Å². The van der Waals surface area contributed by atoms with Crippen molar-refractivity contribution in [3.05, 3.63) is 51.0 Å². The molecule has 0 aliphatic carbocycles. The Balaban J connectivity index is 2.39. The van der Waals surface area contributed by atoms with E-state index in [-0.39, 0.29) is 5.82 Å². The van der Waals surface area contributed by atoms with Gasteiger partial charge in [0.05, 0.1) is 12.2 Å². The van der Waals surface area contributed by atoms with Gasteiger partial charge in [0.2, 0.25) is 0 Å². The highest BCUT2D eigenvalue weighted by molar-refractivity contribution is 9.10.